The summed E-state index contributed by atoms with van der Waals surface area (Å²) in [5, 5.41) is 2.76. The van der Waals surface area contributed by atoms with Crippen molar-refractivity contribution < 1.29 is 18.0 Å². The molecule has 1 heterocycles. The van der Waals surface area contributed by atoms with Crippen molar-refractivity contribution >= 4 is 27.5 Å². The zero-order chi connectivity index (χ0) is 18.7. The second kappa shape index (κ2) is 7.27. The van der Waals surface area contributed by atoms with E-state index in [2.05, 4.69) is 15.6 Å². The fourth-order valence-electron chi connectivity index (χ4n) is 2.79. The van der Waals surface area contributed by atoms with Gasteiger partial charge in [0.05, 0.1) is 4.90 Å². The molecule has 0 saturated heterocycles. The van der Waals surface area contributed by atoms with Crippen molar-refractivity contribution in [2.45, 2.75) is 31.1 Å². The number of nitrogens with one attached hydrogen (secondary N) is 3. The normalized spacial score (nSPS) is 14.1. The number of carbonyl (C=O) groups is 2. The van der Waals surface area contributed by atoms with Crippen LogP contribution in [0.4, 0.5) is 5.69 Å². The molecule has 0 aromatic heterocycles. The molecule has 0 unspecified atom stereocenters. The lowest BCUT2D eigenvalue weighted by Crippen LogP contribution is -2.41. The van der Waals surface area contributed by atoms with Crippen LogP contribution in [-0.2, 0) is 21.2 Å². The lowest BCUT2D eigenvalue weighted by atomic mass is 10.1. The van der Waals surface area contributed by atoms with Gasteiger partial charge in [-0.2, -0.15) is 0 Å². The van der Waals surface area contributed by atoms with Crippen LogP contribution in [0.1, 0.15) is 34.3 Å². The molecule has 8 heteroatoms. The van der Waals surface area contributed by atoms with Crippen molar-refractivity contribution in [3.05, 3.63) is 59.2 Å². The highest BCUT2D eigenvalue weighted by atomic mass is 32.2. The molecule has 0 fully saturated rings. The number of fused-ring (bicyclic) bond motifs is 1. The first-order valence-corrected chi connectivity index (χ1v) is 9.66. The first kappa shape index (κ1) is 18.1. The molecule has 2 aromatic carbocycles. The van der Waals surface area contributed by atoms with Crippen LogP contribution in [0.3, 0.4) is 0 Å². The Hall–Kier alpha value is -2.71. The average molecular weight is 373 g/mol. The number of carbonyl (C=O) groups excluding carboxylic acids is 2. The molecule has 0 bridgehead atoms. The third-order valence-electron chi connectivity index (χ3n) is 4.20. The topological polar surface area (TPSA) is 104 Å². The van der Waals surface area contributed by atoms with Crippen molar-refractivity contribution in [2.75, 3.05) is 5.32 Å². The molecule has 2 aromatic rings. The zero-order valence-corrected chi connectivity index (χ0v) is 15.0. The van der Waals surface area contributed by atoms with E-state index in [0.29, 0.717) is 30.5 Å². The molecule has 26 heavy (non-hydrogen) atoms. The summed E-state index contributed by atoms with van der Waals surface area (Å²) in [4.78, 5) is 25.9. The number of sulfonamides is 1. The summed E-state index contributed by atoms with van der Waals surface area (Å²) in [6, 6.07) is 11.4. The quantitative estimate of drug-likeness (QED) is 0.712. The number of aryl methyl sites for hydroxylation is 2. The standard InChI is InChI=1S/C18H19N3O4S/c1-12-5-2-3-7-15(12)18(23)20-21-26(24,25)14-9-10-16-13(11-14)6-4-8-17(22)19-16/h2-3,5,7,9-11,21H,4,6,8H2,1H3,(H,19,22)(H,20,23). The average Bonchev–Trinajstić information content (AvgIpc) is 2.80. The Balaban J connectivity index is 1.76. The van der Waals surface area contributed by atoms with E-state index in [4.69, 9.17) is 0 Å². The molecule has 1 aliphatic rings. The highest BCUT2D eigenvalue weighted by molar-refractivity contribution is 7.89. The fraction of sp³-hybridized carbons (Fsp3) is 0.222. The predicted octanol–water partition coefficient (Wildman–Crippen LogP) is 1.89. The van der Waals surface area contributed by atoms with E-state index in [1.54, 1.807) is 37.3 Å². The Morgan fingerprint density at radius 2 is 1.88 bits per heavy atom. The van der Waals surface area contributed by atoms with Gasteiger partial charge >= 0.3 is 0 Å². The summed E-state index contributed by atoms with van der Waals surface area (Å²) < 4.78 is 25.0. The third kappa shape index (κ3) is 3.92. The van der Waals surface area contributed by atoms with Gasteiger partial charge in [-0.3, -0.25) is 15.0 Å². The van der Waals surface area contributed by atoms with E-state index in [0.717, 1.165) is 11.1 Å². The van der Waals surface area contributed by atoms with Gasteiger partial charge in [-0.25, -0.2) is 8.42 Å². The number of hydrogen-bond acceptors (Lipinski definition) is 4. The van der Waals surface area contributed by atoms with Crippen LogP contribution in [-0.4, -0.2) is 20.2 Å². The monoisotopic (exact) mass is 373 g/mol. The summed E-state index contributed by atoms with van der Waals surface area (Å²) in [7, 11) is -3.93. The molecule has 0 radical (unpaired) electrons. The van der Waals surface area contributed by atoms with E-state index < -0.39 is 15.9 Å². The molecule has 3 rings (SSSR count). The Kier molecular flexibility index (Phi) is 5.06. The summed E-state index contributed by atoms with van der Waals surface area (Å²) >= 11 is 0. The van der Waals surface area contributed by atoms with Gasteiger partial charge in [-0.05, 0) is 55.2 Å². The van der Waals surface area contributed by atoms with Crippen LogP contribution in [0.5, 0.6) is 0 Å². The largest absolute Gasteiger partial charge is 0.326 e. The number of hydrazine groups is 1. The van der Waals surface area contributed by atoms with E-state index in [1.807, 2.05) is 0 Å². The molecule has 2 amide bonds. The first-order chi connectivity index (χ1) is 12.4. The van der Waals surface area contributed by atoms with Gasteiger partial charge in [-0.1, -0.05) is 18.2 Å². The van der Waals surface area contributed by atoms with Crippen LogP contribution in [0.25, 0.3) is 0 Å². The first-order valence-electron chi connectivity index (χ1n) is 8.17. The van der Waals surface area contributed by atoms with Gasteiger partial charge in [0.1, 0.15) is 0 Å². The summed E-state index contributed by atoms with van der Waals surface area (Å²) in [6.45, 7) is 1.77. The van der Waals surface area contributed by atoms with Crippen LogP contribution in [0.2, 0.25) is 0 Å². The molecule has 3 N–H and O–H groups in total. The van der Waals surface area contributed by atoms with Gasteiger partial charge in [0.25, 0.3) is 15.9 Å². The van der Waals surface area contributed by atoms with Gasteiger partial charge in [0.2, 0.25) is 5.91 Å². The molecular formula is C18H19N3O4S. The SMILES string of the molecule is Cc1ccccc1C(=O)NNS(=O)(=O)c1ccc2c(c1)CCCC(=O)N2. The predicted molar refractivity (Wildman–Crippen MR) is 97.0 cm³/mol. The third-order valence-corrected chi connectivity index (χ3v) is 5.44. The molecule has 0 saturated carbocycles. The van der Waals surface area contributed by atoms with Gasteiger partial charge in [-0.15, -0.1) is 4.83 Å². The summed E-state index contributed by atoms with van der Waals surface area (Å²) in [6.07, 6.45) is 1.66. The Bertz CT molecular complexity index is 970. The lowest BCUT2D eigenvalue weighted by molar-refractivity contribution is -0.116. The molecule has 1 aliphatic heterocycles. The second-order valence-corrected chi connectivity index (χ2v) is 7.78. The van der Waals surface area contributed by atoms with Crippen molar-refractivity contribution in [1.82, 2.24) is 10.3 Å². The number of amides is 2. The van der Waals surface area contributed by atoms with Gasteiger partial charge in [0.15, 0.2) is 0 Å². The highest BCUT2D eigenvalue weighted by Crippen LogP contribution is 2.25. The van der Waals surface area contributed by atoms with Crippen LogP contribution in [0.15, 0.2) is 47.4 Å². The molecule has 0 spiro atoms. The van der Waals surface area contributed by atoms with E-state index in [1.165, 1.54) is 12.1 Å². The van der Waals surface area contributed by atoms with Crippen molar-refractivity contribution in [3.63, 3.8) is 0 Å². The maximum atomic E-state index is 12.5. The minimum absolute atomic E-state index is 0.0254. The summed E-state index contributed by atoms with van der Waals surface area (Å²) in [5.41, 5.74) is 4.74. The van der Waals surface area contributed by atoms with Gasteiger partial charge < -0.3 is 5.32 Å². The Labute approximate surface area is 151 Å². The minimum Gasteiger partial charge on any atom is -0.326 e. The smallest absolute Gasteiger partial charge is 0.266 e. The van der Waals surface area contributed by atoms with Crippen molar-refractivity contribution in [1.29, 1.82) is 0 Å². The number of hydrogen-bond donors (Lipinski definition) is 3. The molecule has 0 aliphatic carbocycles. The highest BCUT2D eigenvalue weighted by Gasteiger charge is 2.20. The van der Waals surface area contributed by atoms with E-state index in [9.17, 15) is 18.0 Å². The fourth-order valence-corrected chi connectivity index (χ4v) is 3.68. The number of anilines is 1. The molecular weight excluding hydrogens is 354 g/mol. The van der Waals surface area contributed by atoms with E-state index >= 15 is 0 Å². The van der Waals surface area contributed by atoms with Crippen LogP contribution >= 0.6 is 0 Å². The van der Waals surface area contributed by atoms with Crippen molar-refractivity contribution in [2.24, 2.45) is 0 Å². The minimum atomic E-state index is -3.93. The van der Waals surface area contributed by atoms with E-state index in [-0.39, 0.29) is 10.8 Å². The Morgan fingerprint density at radius 1 is 1.12 bits per heavy atom. The maximum Gasteiger partial charge on any atom is 0.266 e. The molecule has 7 nitrogen and oxygen atoms in total. The van der Waals surface area contributed by atoms with Gasteiger partial charge in [0, 0.05) is 17.7 Å². The van der Waals surface area contributed by atoms with Crippen LogP contribution in [0, 0.1) is 6.92 Å². The molecule has 0 atom stereocenters. The maximum absolute atomic E-state index is 12.5. The zero-order valence-electron chi connectivity index (χ0n) is 14.2. The second-order valence-electron chi connectivity index (χ2n) is 6.10. The van der Waals surface area contributed by atoms with Crippen molar-refractivity contribution in [3.8, 4) is 0 Å². The Morgan fingerprint density at radius 3 is 2.65 bits per heavy atom. The lowest BCUT2D eigenvalue weighted by Gasteiger charge is -2.12. The van der Waals surface area contributed by atoms with Crippen LogP contribution < -0.4 is 15.6 Å². The number of benzene rings is 2. The number of rotatable bonds is 4. The molecule has 136 valence electrons. The summed E-state index contributed by atoms with van der Waals surface area (Å²) in [5.74, 6) is -0.614.